The lowest BCUT2D eigenvalue weighted by molar-refractivity contribution is -0.178. The molecule has 10 heteroatoms. The summed E-state index contributed by atoms with van der Waals surface area (Å²) in [7, 11) is 0.526. The van der Waals surface area contributed by atoms with Crippen LogP contribution < -0.4 is 9.46 Å². The standard InChI is InChI=1S/C19H24F2N2O.C8H9NO3S/c1-13-9-16(24-2)15(14-3-6-22-17(13)14)10-23-7-4-18(5-8-23)11-19(20,21)12-18;1-13(12)9-7-4-2-3-6(5-7)8(10)11/h3,6,9,22H,4-5,7-8,10-12H2,1-2H3;2-5,9H,1H3,(H,10,11). The molecule has 1 aliphatic carbocycles. The van der Waals surface area contributed by atoms with Gasteiger partial charge in [0.05, 0.1) is 12.7 Å². The Hall–Kier alpha value is -2.98. The lowest BCUT2D eigenvalue weighted by Crippen LogP contribution is -2.52. The number of rotatable bonds is 6. The summed E-state index contributed by atoms with van der Waals surface area (Å²) in [6, 6.07) is 10.3. The molecule has 2 heterocycles. The number of aryl methyl sites for hydroxylation is 1. The highest BCUT2D eigenvalue weighted by Gasteiger charge is 2.56. The summed E-state index contributed by atoms with van der Waals surface area (Å²) in [5.74, 6) is -2.50. The molecule has 1 saturated carbocycles. The molecule has 200 valence electrons. The van der Waals surface area contributed by atoms with Crippen LogP contribution in [0.1, 0.15) is 47.2 Å². The lowest BCUT2D eigenvalue weighted by atomic mass is 9.61. The number of aromatic nitrogens is 1. The molecule has 2 fully saturated rings. The lowest BCUT2D eigenvalue weighted by Gasteiger charge is -2.51. The summed E-state index contributed by atoms with van der Waals surface area (Å²) in [5.41, 5.74) is 4.13. The number of halogens is 2. The maximum Gasteiger partial charge on any atom is 0.335 e. The van der Waals surface area contributed by atoms with Crippen molar-refractivity contribution >= 4 is 33.5 Å². The Balaban J connectivity index is 0.000000209. The molecule has 1 unspecified atom stereocenters. The fourth-order valence-electron chi connectivity index (χ4n) is 5.47. The first-order valence-electron chi connectivity index (χ1n) is 12.2. The van der Waals surface area contributed by atoms with Crippen LogP contribution in [0, 0.1) is 12.3 Å². The highest BCUT2D eigenvalue weighted by Crippen LogP contribution is 2.57. The number of hydrogen-bond donors (Lipinski definition) is 3. The first kappa shape index (κ1) is 27.1. The van der Waals surface area contributed by atoms with Gasteiger partial charge in [0.25, 0.3) is 0 Å². The maximum atomic E-state index is 13.3. The highest BCUT2D eigenvalue weighted by molar-refractivity contribution is 7.85. The average Bonchev–Trinajstić information content (AvgIpc) is 3.32. The van der Waals surface area contributed by atoms with Crippen molar-refractivity contribution in [1.82, 2.24) is 9.88 Å². The van der Waals surface area contributed by atoms with E-state index in [1.807, 2.05) is 6.20 Å². The zero-order valence-electron chi connectivity index (χ0n) is 21.3. The molecule has 3 N–H and O–H groups in total. The number of likely N-dealkylation sites (tertiary alicyclic amines) is 1. The van der Waals surface area contributed by atoms with Crippen molar-refractivity contribution < 1.29 is 27.6 Å². The van der Waals surface area contributed by atoms with Gasteiger partial charge in [-0.25, -0.2) is 17.8 Å². The van der Waals surface area contributed by atoms with Gasteiger partial charge in [-0.1, -0.05) is 6.07 Å². The number of anilines is 1. The van der Waals surface area contributed by atoms with Crippen molar-refractivity contribution in [2.75, 3.05) is 31.2 Å². The van der Waals surface area contributed by atoms with Gasteiger partial charge >= 0.3 is 5.97 Å². The van der Waals surface area contributed by atoms with Crippen molar-refractivity contribution in [3.8, 4) is 5.75 Å². The Kier molecular flexibility index (Phi) is 7.89. The second kappa shape index (κ2) is 10.8. The number of H-pyrrole nitrogens is 1. The topological polar surface area (TPSA) is 94.7 Å². The van der Waals surface area contributed by atoms with Crippen LogP contribution in [0.2, 0.25) is 0 Å². The SMILES string of the molecule is COc1cc(C)c2[nH]ccc2c1CN1CCC2(CC1)CC(F)(F)C2.CS(=O)Nc1cccc(C(=O)O)c1. The Morgan fingerprint density at radius 2 is 1.92 bits per heavy atom. The van der Waals surface area contributed by atoms with E-state index in [1.165, 1.54) is 34.9 Å². The molecule has 1 spiro atoms. The molecule has 1 aromatic heterocycles. The van der Waals surface area contributed by atoms with E-state index in [0.717, 1.165) is 43.7 Å². The molecule has 5 rings (SSSR count). The molecule has 7 nitrogen and oxygen atoms in total. The molecule has 1 aliphatic heterocycles. The molecular weight excluding hydrogens is 500 g/mol. The molecule has 37 heavy (non-hydrogen) atoms. The first-order chi connectivity index (χ1) is 17.5. The molecule has 2 aliphatic rings. The Bertz CT molecular complexity index is 1290. The first-order valence-corrected chi connectivity index (χ1v) is 13.7. The van der Waals surface area contributed by atoms with Crippen LogP contribution in [0.4, 0.5) is 14.5 Å². The maximum absolute atomic E-state index is 13.3. The van der Waals surface area contributed by atoms with Crippen molar-refractivity contribution in [2.45, 2.75) is 45.1 Å². The molecule has 2 aromatic carbocycles. The summed E-state index contributed by atoms with van der Waals surface area (Å²) in [6.45, 7) is 4.66. The van der Waals surface area contributed by atoms with Crippen LogP contribution in [0.15, 0.2) is 42.6 Å². The summed E-state index contributed by atoms with van der Waals surface area (Å²) < 4.78 is 45.5. The van der Waals surface area contributed by atoms with E-state index in [0.29, 0.717) is 5.69 Å². The molecule has 0 radical (unpaired) electrons. The van der Waals surface area contributed by atoms with Crippen LogP contribution in [-0.2, 0) is 17.5 Å². The van der Waals surface area contributed by atoms with Crippen molar-refractivity contribution in [3.63, 3.8) is 0 Å². The highest BCUT2D eigenvalue weighted by atomic mass is 32.2. The number of ether oxygens (including phenoxy) is 1. The third-order valence-corrected chi connectivity index (χ3v) is 7.79. The van der Waals surface area contributed by atoms with E-state index in [1.54, 1.807) is 19.2 Å². The fourth-order valence-corrected chi connectivity index (χ4v) is 5.93. The number of aromatic amines is 1. The van der Waals surface area contributed by atoms with E-state index in [4.69, 9.17) is 9.84 Å². The smallest absolute Gasteiger partial charge is 0.335 e. The minimum atomic E-state index is -2.42. The Morgan fingerprint density at radius 1 is 1.22 bits per heavy atom. The minimum absolute atomic E-state index is 0.0871. The number of alkyl halides is 2. The molecular formula is C27H33F2N3O4S. The third-order valence-electron chi connectivity index (χ3n) is 7.27. The predicted octanol–water partition coefficient (Wildman–Crippen LogP) is 5.59. The van der Waals surface area contributed by atoms with Crippen molar-refractivity contribution in [3.05, 3.63) is 59.3 Å². The van der Waals surface area contributed by atoms with Crippen LogP contribution in [0.25, 0.3) is 10.9 Å². The Labute approximate surface area is 217 Å². The molecule has 0 bridgehead atoms. The van der Waals surface area contributed by atoms with Gasteiger partial charge in [0.15, 0.2) is 0 Å². The van der Waals surface area contributed by atoms with Crippen LogP contribution >= 0.6 is 0 Å². The summed E-state index contributed by atoms with van der Waals surface area (Å²) in [5, 5.41) is 9.84. The molecule has 3 aromatic rings. The van der Waals surface area contributed by atoms with Gasteiger partial charge < -0.3 is 19.5 Å². The van der Waals surface area contributed by atoms with Gasteiger partial charge in [0.2, 0.25) is 5.92 Å². The number of methoxy groups -OCH3 is 1. The second-order valence-electron chi connectivity index (χ2n) is 10.1. The summed E-state index contributed by atoms with van der Waals surface area (Å²) in [6.07, 6.45) is 5.38. The van der Waals surface area contributed by atoms with E-state index in [9.17, 15) is 17.8 Å². The molecule has 1 saturated heterocycles. The third kappa shape index (κ3) is 6.30. The number of nitrogens with zero attached hydrogens (tertiary/aromatic N) is 1. The number of benzene rings is 2. The number of carboxylic acids is 1. The van der Waals surface area contributed by atoms with E-state index >= 15 is 0 Å². The van der Waals surface area contributed by atoms with Crippen LogP contribution in [0.3, 0.4) is 0 Å². The zero-order valence-corrected chi connectivity index (χ0v) is 22.1. The van der Waals surface area contributed by atoms with Crippen molar-refractivity contribution in [2.24, 2.45) is 5.41 Å². The zero-order chi connectivity index (χ0) is 26.8. The number of carboxylic acid groups (broad SMARTS) is 1. The average molecular weight is 534 g/mol. The van der Waals surface area contributed by atoms with Crippen LogP contribution in [-0.4, -0.2) is 57.5 Å². The quantitative estimate of drug-likeness (QED) is 0.384. The van der Waals surface area contributed by atoms with Gasteiger partial charge in [0, 0.05) is 54.0 Å². The van der Waals surface area contributed by atoms with E-state index < -0.39 is 22.9 Å². The van der Waals surface area contributed by atoms with E-state index in [2.05, 4.69) is 33.7 Å². The number of aromatic carboxylic acids is 1. The van der Waals surface area contributed by atoms with Crippen molar-refractivity contribution in [1.29, 1.82) is 0 Å². The summed E-state index contributed by atoms with van der Waals surface area (Å²) in [4.78, 5) is 16.2. The normalized spacial score (nSPS) is 18.9. The fraction of sp³-hybridized carbons (Fsp3) is 0.444. The number of piperidine rings is 1. The van der Waals surface area contributed by atoms with Gasteiger partial charge in [-0.3, -0.25) is 4.90 Å². The van der Waals surface area contributed by atoms with Gasteiger partial charge in [-0.2, -0.15) is 0 Å². The second-order valence-corrected chi connectivity index (χ2v) is 11.2. The largest absolute Gasteiger partial charge is 0.496 e. The number of nitrogens with one attached hydrogen (secondary N) is 2. The Morgan fingerprint density at radius 3 is 2.51 bits per heavy atom. The summed E-state index contributed by atoms with van der Waals surface area (Å²) >= 11 is 0. The number of carbonyl (C=O) groups is 1. The van der Waals surface area contributed by atoms with Gasteiger partial charge in [-0.05, 0) is 74.2 Å². The molecule has 0 amide bonds. The van der Waals surface area contributed by atoms with Crippen LogP contribution in [0.5, 0.6) is 5.75 Å². The van der Waals surface area contributed by atoms with Gasteiger partial charge in [-0.15, -0.1) is 0 Å². The van der Waals surface area contributed by atoms with Gasteiger partial charge in [0.1, 0.15) is 16.7 Å². The monoisotopic (exact) mass is 533 g/mol. The predicted molar refractivity (Wildman–Crippen MR) is 142 cm³/mol. The minimum Gasteiger partial charge on any atom is -0.496 e. The molecule has 1 atom stereocenters. The number of hydrogen-bond acceptors (Lipinski definition) is 4. The number of fused-ring (bicyclic) bond motifs is 1. The van der Waals surface area contributed by atoms with E-state index in [-0.39, 0.29) is 23.8 Å².